The maximum atomic E-state index is 10.7. The molecule has 3 saturated heterocycles. The minimum atomic E-state index is -6.09. The minimum absolute atomic E-state index is 0.677. The molecule has 1 atom stereocenters. The first-order chi connectivity index (χ1) is 15.4. The van der Waals surface area contributed by atoms with Crippen molar-refractivity contribution in [2.24, 2.45) is 0 Å². The van der Waals surface area contributed by atoms with Gasteiger partial charge in [-0.05, 0) is 10.8 Å². The van der Waals surface area contributed by atoms with Crippen LogP contribution in [-0.4, -0.2) is 65.7 Å². The second kappa shape index (κ2) is 10.8. The zero-order valence-electron chi connectivity index (χ0n) is 17.0. The molecule has 34 heavy (non-hydrogen) atoms. The Bertz CT molecular complexity index is 1140. The van der Waals surface area contributed by atoms with Crippen LogP contribution in [0.15, 0.2) is 42.5 Å². The van der Waals surface area contributed by atoms with E-state index in [9.17, 15) is 26.3 Å². The molecule has 5 rings (SSSR count). The Kier molecular flexibility index (Phi) is 9.24. The van der Waals surface area contributed by atoms with Crippen molar-refractivity contribution in [1.29, 1.82) is 0 Å². The molecular formula is C18H18F6O6S4. The summed E-state index contributed by atoms with van der Waals surface area (Å²) in [6.07, 6.45) is 0. The fourth-order valence-electron chi connectivity index (χ4n) is 3.22. The molecule has 0 N–H and O–H groups in total. The molecule has 1 unspecified atom stereocenters. The average Bonchev–Trinajstić information content (AvgIpc) is 2.72. The summed E-state index contributed by atoms with van der Waals surface area (Å²) in [7, 11) is -10.8. The molecule has 2 bridgehead atoms. The van der Waals surface area contributed by atoms with Crippen molar-refractivity contribution in [3.63, 3.8) is 0 Å². The SMILES string of the molecule is O=S(=O)([O-])C(F)(F)F.O=S(=O)([O-])C(F)(F)F.c1ccc2c(C3C[S+]4CC[S+]3CC4)cccc2c1. The van der Waals surface area contributed by atoms with E-state index in [0.717, 1.165) is 16.1 Å². The van der Waals surface area contributed by atoms with E-state index in [1.807, 2.05) is 0 Å². The van der Waals surface area contributed by atoms with Crippen molar-refractivity contribution in [3.8, 4) is 0 Å². The van der Waals surface area contributed by atoms with Gasteiger partial charge >= 0.3 is 11.0 Å². The van der Waals surface area contributed by atoms with Gasteiger partial charge in [0.05, 0.1) is 0 Å². The Morgan fingerprint density at radius 3 is 1.59 bits per heavy atom. The third-order valence-electron chi connectivity index (χ3n) is 4.80. The van der Waals surface area contributed by atoms with Crippen LogP contribution in [0.1, 0.15) is 10.8 Å². The highest BCUT2D eigenvalue weighted by atomic mass is 32.2. The van der Waals surface area contributed by atoms with Gasteiger partial charge < -0.3 is 9.11 Å². The number of benzene rings is 2. The first-order valence-corrected chi connectivity index (χ1v) is 15.4. The molecule has 3 fully saturated rings. The summed E-state index contributed by atoms with van der Waals surface area (Å²) in [5, 5.41) is 3.81. The molecule has 0 aliphatic carbocycles. The highest BCUT2D eigenvalue weighted by Crippen LogP contribution is 2.39. The molecular weight excluding hydrogens is 554 g/mol. The van der Waals surface area contributed by atoms with Gasteiger partial charge in [-0.1, -0.05) is 42.5 Å². The molecule has 0 radical (unpaired) electrons. The zero-order chi connectivity index (χ0) is 25.9. The van der Waals surface area contributed by atoms with Gasteiger partial charge in [-0.25, -0.2) is 16.8 Å². The lowest BCUT2D eigenvalue weighted by Crippen LogP contribution is -2.46. The van der Waals surface area contributed by atoms with E-state index >= 15 is 0 Å². The van der Waals surface area contributed by atoms with Gasteiger partial charge in [0.25, 0.3) is 0 Å². The average molecular weight is 573 g/mol. The van der Waals surface area contributed by atoms with E-state index in [-0.39, 0.29) is 0 Å². The zero-order valence-corrected chi connectivity index (χ0v) is 20.3. The fraction of sp³-hybridized carbons (Fsp3) is 0.444. The van der Waals surface area contributed by atoms with E-state index in [1.54, 1.807) is 5.56 Å². The monoisotopic (exact) mass is 572 g/mol. The van der Waals surface area contributed by atoms with Crippen LogP contribution >= 0.6 is 0 Å². The van der Waals surface area contributed by atoms with Gasteiger partial charge in [-0.15, -0.1) is 0 Å². The third kappa shape index (κ3) is 7.65. The van der Waals surface area contributed by atoms with Gasteiger partial charge in [0.15, 0.2) is 54.3 Å². The lowest BCUT2D eigenvalue weighted by Gasteiger charge is -2.29. The molecule has 3 heterocycles. The van der Waals surface area contributed by atoms with Crippen LogP contribution in [0.5, 0.6) is 0 Å². The standard InChI is InChI=1S/C16H18S2.2CHF3O3S/c1-2-6-14-13(4-1)5-3-7-15(14)16-12-17-8-10-18(16)11-9-17;2*2-1(3,4)8(5,6)7/h1-7,16H,8-12H2;2*(H,5,6,7)/q+2;;/p-2. The minimum Gasteiger partial charge on any atom is -0.741 e. The van der Waals surface area contributed by atoms with Crippen molar-refractivity contribution in [2.75, 3.05) is 28.8 Å². The Morgan fingerprint density at radius 1 is 0.735 bits per heavy atom. The van der Waals surface area contributed by atoms with E-state index in [0.29, 0.717) is 10.9 Å². The summed E-state index contributed by atoms with van der Waals surface area (Å²) < 4.78 is 118. The van der Waals surface area contributed by atoms with Crippen LogP contribution in [0.4, 0.5) is 26.3 Å². The fourth-order valence-corrected chi connectivity index (χ4v) is 10.6. The molecule has 0 saturated carbocycles. The second-order valence-corrected chi connectivity index (χ2v) is 14.6. The van der Waals surface area contributed by atoms with Crippen molar-refractivity contribution >= 4 is 52.8 Å². The van der Waals surface area contributed by atoms with Crippen molar-refractivity contribution in [3.05, 3.63) is 48.0 Å². The van der Waals surface area contributed by atoms with Gasteiger partial charge in [-0.3, -0.25) is 0 Å². The van der Waals surface area contributed by atoms with Crippen LogP contribution < -0.4 is 0 Å². The smallest absolute Gasteiger partial charge is 0.485 e. The number of hydrogen-bond donors (Lipinski definition) is 0. The largest absolute Gasteiger partial charge is 0.741 e. The highest BCUT2D eigenvalue weighted by molar-refractivity contribution is 8.07. The lowest BCUT2D eigenvalue weighted by atomic mass is 10.0. The maximum Gasteiger partial charge on any atom is 0.485 e. The summed E-state index contributed by atoms with van der Waals surface area (Å²) in [6.45, 7) is 0. The summed E-state index contributed by atoms with van der Waals surface area (Å²) in [6, 6.07) is 15.8. The first-order valence-electron chi connectivity index (χ1n) is 9.24. The van der Waals surface area contributed by atoms with Crippen LogP contribution in [0.2, 0.25) is 0 Å². The molecule has 192 valence electrons. The van der Waals surface area contributed by atoms with Gasteiger partial charge in [0.2, 0.25) is 0 Å². The van der Waals surface area contributed by atoms with E-state index < -0.39 is 31.3 Å². The number of alkyl halides is 6. The van der Waals surface area contributed by atoms with Crippen molar-refractivity contribution in [1.82, 2.24) is 0 Å². The maximum absolute atomic E-state index is 10.7. The van der Waals surface area contributed by atoms with Crippen LogP contribution in [0.25, 0.3) is 10.8 Å². The lowest BCUT2D eigenvalue weighted by molar-refractivity contribution is -0.0522. The van der Waals surface area contributed by atoms with Gasteiger partial charge in [0.1, 0.15) is 0 Å². The summed E-state index contributed by atoms with van der Waals surface area (Å²) >= 11 is 0. The highest BCUT2D eigenvalue weighted by Gasteiger charge is 2.50. The number of rotatable bonds is 1. The van der Waals surface area contributed by atoms with E-state index in [2.05, 4.69) is 42.5 Å². The molecule has 3 aliphatic heterocycles. The Hall–Kier alpha value is -1.20. The summed E-state index contributed by atoms with van der Waals surface area (Å²) in [5.74, 6) is 7.57. The van der Waals surface area contributed by atoms with Crippen LogP contribution in [0, 0.1) is 0 Å². The molecule has 0 amide bonds. The van der Waals surface area contributed by atoms with Gasteiger partial charge in [0, 0.05) is 27.4 Å². The number of halogens is 6. The van der Waals surface area contributed by atoms with Crippen LogP contribution in [-0.2, 0) is 42.0 Å². The number of fused-ring (bicyclic) bond motifs is 4. The summed E-state index contributed by atoms with van der Waals surface area (Å²) in [4.78, 5) is 0. The predicted molar refractivity (Wildman–Crippen MR) is 117 cm³/mol. The third-order valence-corrected chi connectivity index (χ3v) is 11.7. The Morgan fingerprint density at radius 2 is 1.18 bits per heavy atom. The topological polar surface area (TPSA) is 114 Å². The molecule has 16 heteroatoms. The molecule has 0 aromatic heterocycles. The normalized spacial score (nSPS) is 22.9. The molecule has 2 aromatic rings. The Balaban J connectivity index is 0.000000216. The second-order valence-electron chi connectivity index (χ2n) is 6.99. The van der Waals surface area contributed by atoms with E-state index in [1.165, 1.54) is 39.5 Å². The van der Waals surface area contributed by atoms with Crippen molar-refractivity contribution < 1.29 is 52.3 Å². The van der Waals surface area contributed by atoms with Crippen molar-refractivity contribution in [2.45, 2.75) is 16.3 Å². The summed E-state index contributed by atoms with van der Waals surface area (Å²) in [5.41, 5.74) is -9.65. The molecule has 0 spiro atoms. The quantitative estimate of drug-likeness (QED) is 0.224. The van der Waals surface area contributed by atoms with Gasteiger partial charge in [-0.2, -0.15) is 26.3 Å². The van der Waals surface area contributed by atoms with E-state index in [4.69, 9.17) is 25.9 Å². The molecule has 3 aliphatic rings. The first kappa shape index (κ1) is 29.0. The molecule has 6 nitrogen and oxygen atoms in total. The predicted octanol–water partition coefficient (Wildman–Crippen LogP) is 3.25. The van der Waals surface area contributed by atoms with Crippen LogP contribution in [0.3, 0.4) is 0 Å². The number of hydrogen-bond acceptors (Lipinski definition) is 6. The Labute approximate surface area is 197 Å². The molecule has 2 aromatic carbocycles.